The fraction of sp³-hybridized carbons (Fsp3) is 0.231. The summed E-state index contributed by atoms with van der Waals surface area (Å²) in [5.74, 6) is -0.740. The van der Waals surface area contributed by atoms with Crippen LogP contribution in [0.25, 0.3) is 0 Å². The van der Waals surface area contributed by atoms with Gasteiger partial charge in [-0.3, -0.25) is 16.0 Å². The molecule has 134 valence electrons. The van der Waals surface area contributed by atoms with Crippen LogP contribution in [-0.2, 0) is 0 Å². The van der Waals surface area contributed by atoms with Crippen LogP contribution in [0.4, 0.5) is 20.7 Å². The number of hydrogen-bond acceptors (Lipinski definition) is 7. The highest BCUT2D eigenvalue weighted by Gasteiger charge is 2.18. The summed E-state index contributed by atoms with van der Waals surface area (Å²) in [4.78, 5) is 15.8. The van der Waals surface area contributed by atoms with Crippen molar-refractivity contribution < 1.29 is 24.1 Å². The molecule has 2 aromatic rings. The molecular formula is C13H14BrFN6O4. The Morgan fingerprint density at radius 3 is 2.88 bits per heavy atom. The number of rotatable bonds is 6. The van der Waals surface area contributed by atoms with Gasteiger partial charge in [0.2, 0.25) is 5.82 Å². The molecule has 0 atom stereocenters. The quantitative estimate of drug-likeness (QED) is 0.207. The number of carbonyl (C=O) groups excluding carboxylic acids is 1. The minimum Gasteiger partial charge on any atom is -0.396 e. The van der Waals surface area contributed by atoms with E-state index in [1.807, 2.05) is 5.48 Å². The summed E-state index contributed by atoms with van der Waals surface area (Å²) >= 11 is 3.03. The highest BCUT2D eigenvalue weighted by atomic mass is 79.9. The number of aromatic nitrogens is 2. The normalized spacial score (nSPS) is 11.3. The molecule has 0 saturated heterocycles. The molecule has 10 nitrogen and oxygen atoms in total. The number of anilines is 1. The van der Waals surface area contributed by atoms with E-state index in [0.29, 0.717) is 12.1 Å². The van der Waals surface area contributed by atoms with Gasteiger partial charge in [-0.15, -0.1) is 0 Å². The summed E-state index contributed by atoms with van der Waals surface area (Å²) in [5, 5.41) is 29.9. The monoisotopic (exact) mass is 416 g/mol. The molecule has 25 heavy (non-hydrogen) atoms. The minimum atomic E-state index is -0.604. The van der Waals surface area contributed by atoms with Crippen LogP contribution in [0.5, 0.6) is 0 Å². The Labute approximate surface area is 149 Å². The van der Waals surface area contributed by atoms with E-state index in [1.54, 1.807) is 0 Å². The van der Waals surface area contributed by atoms with Crippen LogP contribution in [0.1, 0.15) is 12.1 Å². The Balaban J connectivity index is 2.18. The number of urea groups is 1. The zero-order valence-electron chi connectivity index (χ0n) is 12.7. The van der Waals surface area contributed by atoms with Gasteiger partial charge in [0, 0.05) is 13.2 Å². The van der Waals surface area contributed by atoms with Crippen molar-refractivity contribution in [2.45, 2.75) is 6.42 Å². The molecule has 5 N–H and O–H groups in total. The Hall–Kier alpha value is -2.57. The van der Waals surface area contributed by atoms with Crippen molar-refractivity contribution in [2.24, 2.45) is 4.99 Å². The third-order valence-corrected chi connectivity index (χ3v) is 3.42. The molecule has 1 aromatic carbocycles. The first kappa shape index (κ1) is 18.8. The first-order valence-corrected chi connectivity index (χ1v) is 7.77. The first-order chi connectivity index (χ1) is 12.0. The summed E-state index contributed by atoms with van der Waals surface area (Å²) in [6, 6.07) is 3.34. The average Bonchev–Trinajstić information content (AvgIpc) is 3.04. The molecule has 2 amide bonds. The first-order valence-electron chi connectivity index (χ1n) is 6.97. The molecule has 0 aliphatic rings. The van der Waals surface area contributed by atoms with Gasteiger partial charge < -0.3 is 10.4 Å². The van der Waals surface area contributed by atoms with Gasteiger partial charge in [-0.05, 0) is 50.9 Å². The zero-order valence-corrected chi connectivity index (χ0v) is 14.2. The maximum Gasteiger partial charge on any atom is 0.320 e. The number of amidine groups is 1. The lowest BCUT2D eigenvalue weighted by molar-refractivity contribution is 0.234. The second-order valence-electron chi connectivity index (χ2n) is 4.59. The second-order valence-corrected chi connectivity index (χ2v) is 5.44. The molecule has 0 saturated carbocycles. The van der Waals surface area contributed by atoms with Gasteiger partial charge >= 0.3 is 6.03 Å². The number of aliphatic hydroxyl groups is 1. The van der Waals surface area contributed by atoms with E-state index in [9.17, 15) is 14.4 Å². The molecule has 0 fully saturated rings. The van der Waals surface area contributed by atoms with Gasteiger partial charge in [0.05, 0.1) is 10.2 Å². The van der Waals surface area contributed by atoms with Crippen LogP contribution in [0.3, 0.4) is 0 Å². The third kappa shape index (κ3) is 5.20. The molecular weight excluding hydrogens is 403 g/mol. The van der Waals surface area contributed by atoms with Gasteiger partial charge in [-0.2, -0.15) is 0 Å². The van der Waals surface area contributed by atoms with Gasteiger partial charge in [0.15, 0.2) is 11.5 Å². The van der Waals surface area contributed by atoms with E-state index in [0.717, 1.165) is 0 Å². The maximum atomic E-state index is 13.3. The van der Waals surface area contributed by atoms with Gasteiger partial charge in [-0.25, -0.2) is 18.8 Å². The van der Waals surface area contributed by atoms with Crippen LogP contribution < -0.4 is 16.1 Å². The molecule has 0 spiro atoms. The van der Waals surface area contributed by atoms with Gasteiger partial charge in [0.25, 0.3) is 0 Å². The standard InChI is InChI=1S/C13H14BrFN6O4/c14-8-6-7(2-3-9(8)15)17-11(19-24)10-12(21-25-20-10)18-13(23)16-4-1-5-22/h2-3,6,22,24H,1,4-5H2,(H,17,19)(H2,16,18,21,23). The van der Waals surface area contributed by atoms with Crippen molar-refractivity contribution >= 4 is 39.3 Å². The molecule has 0 aliphatic carbocycles. The highest BCUT2D eigenvalue weighted by molar-refractivity contribution is 9.10. The molecule has 1 aromatic heterocycles. The van der Waals surface area contributed by atoms with E-state index in [1.165, 1.54) is 18.2 Å². The van der Waals surface area contributed by atoms with Crippen LogP contribution >= 0.6 is 15.9 Å². The van der Waals surface area contributed by atoms with Crippen LogP contribution in [0.2, 0.25) is 0 Å². The smallest absolute Gasteiger partial charge is 0.320 e. The van der Waals surface area contributed by atoms with Crippen LogP contribution in [0, 0.1) is 5.82 Å². The Morgan fingerprint density at radius 2 is 2.20 bits per heavy atom. The van der Waals surface area contributed by atoms with E-state index in [2.05, 4.69) is 46.5 Å². The predicted molar refractivity (Wildman–Crippen MR) is 88.2 cm³/mol. The molecule has 1 heterocycles. The van der Waals surface area contributed by atoms with E-state index >= 15 is 0 Å². The Bertz CT molecular complexity index is 769. The van der Waals surface area contributed by atoms with Gasteiger partial charge in [0.1, 0.15) is 5.82 Å². The van der Waals surface area contributed by atoms with Crippen molar-refractivity contribution in [2.75, 3.05) is 18.5 Å². The van der Waals surface area contributed by atoms with Crippen molar-refractivity contribution in [3.05, 3.63) is 34.2 Å². The Kier molecular flexibility index (Phi) is 6.80. The number of benzene rings is 1. The number of hydroxylamine groups is 1. The number of aliphatic imine (C=N–C) groups is 1. The summed E-state index contributed by atoms with van der Waals surface area (Å²) in [6.07, 6.45) is 0.391. The predicted octanol–water partition coefficient (Wildman–Crippen LogP) is 1.53. The number of aliphatic hydroxyl groups excluding tert-OH is 1. The molecule has 2 rings (SSSR count). The maximum absolute atomic E-state index is 13.3. The second kappa shape index (κ2) is 9.05. The van der Waals surface area contributed by atoms with Crippen molar-refractivity contribution in [1.82, 2.24) is 21.1 Å². The lowest BCUT2D eigenvalue weighted by Crippen LogP contribution is -2.31. The largest absolute Gasteiger partial charge is 0.396 e. The molecule has 12 heteroatoms. The van der Waals surface area contributed by atoms with Crippen LogP contribution in [0.15, 0.2) is 32.3 Å². The van der Waals surface area contributed by atoms with Gasteiger partial charge in [-0.1, -0.05) is 0 Å². The number of hydrogen-bond donors (Lipinski definition) is 5. The lowest BCUT2D eigenvalue weighted by atomic mass is 10.3. The topological polar surface area (TPSA) is 145 Å². The summed E-state index contributed by atoms with van der Waals surface area (Å²) < 4.78 is 18.0. The fourth-order valence-corrected chi connectivity index (χ4v) is 2.04. The fourth-order valence-electron chi connectivity index (χ4n) is 1.67. The SMILES string of the molecule is O=C(NCCCO)Nc1nonc1C(=Nc1ccc(F)c(Br)c1)NO. The molecule has 0 unspecified atom stereocenters. The van der Waals surface area contributed by atoms with Crippen molar-refractivity contribution in [3.63, 3.8) is 0 Å². The highest BCUT2D eigenvalue weighted by Crippen LogP contribution is 2.23. The summed E-state index contributed by atoms with van der Waals surface area (Å²) in [5.41, 5.74) is 2.05. The number of halogens is 2. The summed E-state index contributed by atoms with van der Waals surface area (Å²) in [6.45, 7) is 0.196. The van der Waals surface area contributed by atoms with E-state index in [4.69, 9.17) is 5.11 Å². The lowest BCUT2D eigenvalue weighted by Gasteiger charge is -2.06. The minimum absolute atomic E-state index is 0.0600. The van der Waals surface area contributed by atoms with Crippen LogP contribution in [-0.4, -0.2) is 45.6 Å². The average molecular weight is 417 g/mol. The Morgan fingerprint density at radius 1 is 1.40 bits per heavy atom. The van der Waals surface area contributed by atoms with E-state index in [-0.39, 0.29) is 35.0 Å². The van der Waals surface area contributed by atoms with Crippen molar-refractivity contribution in [1.29, 1.82) is 0 Å². The third-order valence-electron chi connectivity index (χ3n) is 2.82. The molecule has 0 bridgehead atoms. The summed E-state index contributed by atoms with van der Waals surface area (Å²) in [7, 11) is 0. The molecule has 0 aliphatic heterocycles. The zero-order chi connectivity index (χ0) is 18.2. The number of nitrogens with one attached hydrogen (secondary N) is 3. The number of carbonyl (C=O) groups is 1. The molecule has 0 radical (unpaired) electrons. The van der Waals surface area contributed by atoms with E-state index < -0.39 is 11.8 Å². The number of nitrogens with zero attached hydrogens (tertiary/aromatic N) is 3. The number of amides is 2. The van der Waals surface area contributed by atoms with Crippen molar-refractivity contribution in [3.8, 4) is 0 Å².